The van der Waals surface area contributed by atoms with Crippen LogP contribution in [0.1, 0.15) is 60.1 Å². The quantitative estimate of drug-likeness (QED) is 0.793. The second kappa shape index (κ2) is 6.34. The molecule has 4 saturated carbocycles. The zero-order chi connectivity index (χ0) is 20.4. The lowest BCUT2D eigenvalue weighted by molar-refractivity contribution is -0.143. The van der Waals surface area contributed by atoms with E-state index in [9.17, 15) is 18.0 Å². The maximum absolute atomic E-state index is 13.9. The van der Waals surface area contributed by atoms with Gasteiger partial charge in [0, 0.05) is 5.54 Å². The van der Waals surface area contributed by atoms with E-state index in [1.165, 1.54) is 19.3 Å². The maximum atomic E-state index is 13.9. The predicted molar refractivity (Wildman–Crippen MR) is 102 cm³/mol. The van der Waals surface area contributed by atoms with Crippen molar-refractivity contribution in [2.24, 2.45) is 17.8 Å². The van der Waals surface area contributed by atoms with Crippen molar-refractivity contribution in [1.29, 1.82) is 0 Å². The Morgan fingerprint density at radius 1 is 1.07 bits per heavy atom. The van der Waals surface area contributed by atoms with Gasteiger partial charge in [0.05, 0.1) is 17.4 Å². The van der Waals surface area contributed by atoms with Gasteiger partial charge in [-0.15, -0.1) is 0 Å². The first-order chi connectivity index (χ1) is 13.7. The number of aryl methyl sites for hydroxylation is 1. The highest BCUT2D eigenvalue weighted by Crippen LogP contribution is 2.55. The van der Waals surface area contributed by atoms with E-state index < -0.39 is 23.3 Å². The number of carbonyl (C=O) groups is 1. The van der Waals surface area contributed by atoms with Crippen molar-refractivity contribution in [2.45, 2.75) is 57.2 Å². The van der Waals surface area contributed by atoms with Crippen LogP contribution in [0.3, 0.4) is 0 Å². The molecule has 1 N–H and O–H groups in total. The number of hydrogen-bond donors (Lipinski definition) is 1. The summed E-state index contributed by atoms with van der Waals surface area (Å²) in [6.07, 6.45) is 2.64. The molecule has 4 bridgehead atoms. The summed E-state index contributed by atoms with van der Waals surface area (Å²) in [5.41, 5.74) is -0.524. The number of aromatic nitrogens is 2. The van der Waals surface area contributed by atoms with Crippen molar-refractivity contribution in [3.8, 4) is 5.69 Å². The van der Waals surface area contributed by atoms with Gasteiger partial charge in [0.1, 0.15) is 0 Å². The number of alkyl halides is 3. The first-order valence-corrected chi connectivity index (χ1v) is 10.3. The van der Waals surface area contributed by atoms with Crippen LogP contribution in [0, 0.1) is 24.7 Å². The molecule has 1 amide bonds. The van der Waals surface area contributed by atoms with Crippen molar-refractivity contribution in [2.75, 3.05) is 0 Å². The van der Waals surface area contributed by atoms with Crippen LogP contribution >= 0.6 is 0 Å². The van der Waals surface area contributed by atoms with Crippen LogP contribution in [0.4, 0.5) is 13.2 Å². The van der Waals surface area contributed by atoms with Crippen LogP contribution < -0.4 is 5.32 Å². The lowest BCUT2D eigenvalue weighted by Gasteiger charge is -2.56. The second-order valence-corrected chi connectivity index (χ2v) is 9.30. The summed E-state index contributed by atoms with van der Waals surface area (Å²) in [6, 6.07) is 6.62. The fraction of sp³-hybridized carbons (Fsp3) is 0.545. The molecule has 7 heteroatoms. The molecule has 0 unspecified atom stereocenters. The van der Waals surface area contributed by atoms with E-state index in [4.69, 9.17) is 0 Å². The molecule has 1 aromatic heterocycles. The second-order valence-electron chi connectivity index (χ2n) is 9.30. The Balaban J connectivity index is 1.48. The zero-order valence-corrected chi connectivity index (χ0v) is 16.3. The molecule has 0 aliphatic heterocycles. The highest BCUT2D eigenvalue weighted by molar-refractivity contribution is 5.96. The van der Waals surface area contributed by atoms with Crippen LogP contribution in [0.2, 0.25) is 0 Å². The number of amides is 1. The molecule has 29 heavy (non-hydrogen) atoms. The van der Waals surface area contributed by atoms with Crippen LogP contribution in [0.5, 0.6) is 0 Å². The molecular weight excluding hydrogens is 379 g/mol. The van der Waals surface area contributed by atoms with E-state index in [0.717, 1.165) is 35.7 Å². The third kappa shape index (κ3) is 3.24. The summed E-state index contributed by atoms with van der Waals surface area (Å²) in [5, 5.41) is 6.97. The molecule has 2 aromatic rings. The average Bonchev–Trinajstić information content (AvgIpc) is 3.06. The van der Waals surface area contributed by atoms with Crippen LogP contribution in [0.15, 0.2) is 30.5 Å². The van der Waals surface area contributed by atoms with Crippen molar-refractivity contribution >= 4 is 5.91 Å². The molecule has 4 fully saturated rings. The third-order valence-corrected chi connectivity index (χ3v) is 6.98. The Morgan fingerprint density at radius 3 is 2.14 bits per heavy atom. The number of hydrogen-bond acceptors (Lipinski definition) is 2. The van der Waals surface area contributed by atoms with E-state index in [-0.39, 0.29) is 11.2 Å². The smallest absolute Gasteiger partial charge is 0.346 e. The van der Waals surface area contributed by atoms with Crippen molar-refractivity contribution in [3.05, 3.63) is 47.3 Å². The van der Waals surface area contributed by atoms with Gasteiger partial charge in [0.15, 0.2) is 5.69 Å². The predicted octanol–water partition coefficient (Wildman–Crippen LogP) is 4.90. The first-order valence-electron chi connectivity index (χ1n) is 10.3. The van der Waals surface area contributed by atoms with Gasteiger partial charge in [-0.2, -0.15) is 18.3 Å². The van der Waals surface area contributed by atoms with Gasteiger partial charge in [0.2, 0.25) is 0 Å². The molecule has 0 saturated heterocycles. The summed E-state index contributed by atoms with van der Waals surface area (Å²) < 4.78 is 42.6. The van der Waals surface area contributed by atoms with Gasteiger partial charge < -0.3 is 5.32 Å². The number of carbonyl (C=O) groups excluding carboxylic acids is 1. The third-order valence-electron chi connectivity index (χ3n) is 6.98. The normalized spacial score (nSPS) is 30.6. The molecule has 154 valence electrons. The Hall–Kier alpha value is -2.31. The molecular formula is C22H24F3N3O. The highest BCUT2D eigenvalue weighted by Gasteiger charge is 2.52. The monoisotopic (exact) mass is 403 g/mol. The fourth-order valence-corrected chi connectivity index (χ4v) is 6.24. The number of halogens is 3. The largest absolute Gasteiger partial charge is 0.434 e. The Bertz CT molecular complexity index is 910. The molecule has 4 aliphatic rings. The lowest BCUT2D eigenvalue weighted by Crippen LogP contribution is -2.59. The van der Waals surface area contributed by atoms with E-state index in [1.807, 2.05) is 6.92 Å². The Labute approximate surface area is 167 Å². The average molecular weight is 403 g/mol. The topological polar surface area (TPSA) is 46.9 Å². The van der Waals surface area contributed by atoms with Gasteiger partial charge in [0.25, 0.3) is 5.91 Å². The van der Waals surface area contributed by atoms with Crippen molar-refractivity contribution in [3.63, 3.8) is 0 Å². The molecule has 0 spiro atoms. The van der Waals surface area contributed by atoms with Crippen LogP contribution in [-0.4, -0.2) is 21.2 Å². The minimum Gasteiger partial charge on any atom is -0.346 e. The molecule has 1 aromatic carbocycles. The van der Waals surface area contributed by atoms with E-state index in [2.05, 4.69) is 10.4 Å². The first kappa shape index (κ1) is 18.7. The number of nitrogens with one attached hydrogen (secondary N) is 1. The molecule has 0 atom stereocenters. The van der Waals surface area contributed by atoms with Gasteiger partial charge in [-0.3, -0.25) is 4.79 Å². The summed E-state index contributed by atoms with van der Waals surface area (Å²) in [6.45, 7) is 1.86. The molecule has 4 nitrogen and oxygen atoms in total. The highest BCUT2D eigenvalue weighted by atomic mass is 19.4. The van der Waals surface area contributed by atoms with E-state index >= 15 is 0 Å². The van der Waals surface area contributed by atoms with Gasteiger partial charge in [-0.05, 0) is 75.3 Å². The van der Waals surface area contributed by atoms with Crippen molar-refractivity contribution in [1.82, 2.24) is 15.1 Å². The Morgan fingerprint density at radius 2 is 1.62 bits per heavy atom. The summed E-state index contributed by atoms with van der Waals surface area (Å²) in [7, 11) is 0. The maximum Gasteiger partial charge on any atom is 0.434 e. The minimum absolute atomic E-state index is 0.289. The molecule has 4 aliphatic carbocycles. The van der Waals surface area contributed by atoms with Crippen molar-refractivity contribution < 1.29 is 18.0 Å². The van der Waals surface area contributed by atoms with E-state index in [1.54, 1.807) is 24.3 Å². The van der Waals surface area contributed by atoms with Crippen LogP contribution in [0.25, 0.3) is 5.69 Å². The fourth-order valence-electron chi connectivity index (χ4n) is 6.24. The molecule has 0 radical (unpaired) electrons. The number of rotatable bonds is 3. The Kier molecular flexibility index (Phi) is 4.09. The lowest BCUT2D eigenvalue weighted by atomic mass is 9.53. The van der Waals surface area contributed by atoms with Crippen LogP contribution in [-0.2, 0) is 6.18 Å². The SMILES string of the molecule is Cc1ccc(-n2ncc(C(=O)NC34CC5CC(CC(C5)C3)C4)c2C(F)(F)F)cc1. The molecule has 6 rings (SSSR count). The summed E-state index contributed by atoms with van der Waals surface area (Å²) in [4.78, 5) is 13.0. The van der Waals surface area contributed by atoms with E-state index in [0.29, 0.717) is 17.8 Å². The minimum atomic E-state index is -4.68. The van der Waals surface area contributed by atoms with Gasteiger partial charge >= 0.3 is 6.18 Å². The number of benzene rings is 1. The summed E-state index contributed by atoms with van der Waals surface area (Å²) in [5.74, 6) is 1.13. The molecule has 1 heterocycles. The number of nitrogens with zero attached hydrogens (tertiary/aromatic N) is 2. The summed E-state index contributed by atoms with van der Waals surface area (Å²) >= 11 is 0. The zero-order valence-electron chi connectivity index (χ0n) is 16.3. The van der Waals surface area contributed by atoms with Gasteiger partial charge in [-0.1, -0.05) is 17.7 Å². The van der Waals surface area contributed by atoms with Gasteiger partial charge in [-0.25, -0.2) is 4.68 Å². The standard InChI is InChI=1S/C22H24F3N3O/c1-13-2-4-17(5-3-13)28-19(22(23,24)25)18(12-26-28)20(29)27-21-9-14-6-15(10-21)8-16(7-14)11-21/h2-5,12,14-16H,6-11H2,1H3,(H,27,29).